The van der Waals surface area contributed by atoms with Gasteiger partial charge in [-0.05, 0) is 27.7 Å². The van der Waals surface area contributed by atoms with E-state index in [1.165, 1.54) is 9.13 Å². The number of rotatable bonds is 3. The van der Waals surface area contributed by atoms with E-state index < -0.39 is 5.54 Å². The summed E-state index contributed by atoms with van der Waals surface area (Å²) < 4.78 is 4.36. The molecule has 0 atom stereocenters. The molecule has 0 unspecified atom stereocenters. The van der Waals surface area contributed by atoms with Crippen LogP contribution in [0.5, 0.6) is 0 Å². The predicted octanol–water partition coefficient (Wildman–Crippen LogP) is 0.215. The highest BCUT2D eigenvalue weighted by Gasteiger charge is 2.22. The van der Waals surface area contributed by atoms with Crippen LogP contribution in [-0.2, 0) is 13.6 Å². The Bertz CT molecular complexity index is 758. The number of fused-ring (bicyclic) bond motifs is 1. The fourth-order valence-electron chi connectivity index (χ4n) is 2.29. The van der Waals surface area contributed by atoms with Crippen molar-refractivity contribution in [2.24, 2.45) is 12.8 Å². The van der Waals surface area contributed by atoms with Crippen molar-refractivity contribution in [3.63, 3.8) is 0 Å². The molecule has 0 aromatic carbocycles. The Morgan fingerprint density at radius 1 is 1.35 bits per heavy atom. The van der Waals surface area contributed by atoms with Crippen LogP contribution in [0, 0.1) is 0 Å². The second-order valence-electron chi connectivity index (χ2n) is 6.15. The monoisotopic (exact) mass is 279 g/mol. The summed E-state index contributed by atoms with van der Waals surface area (Å²) in [7, 11) is 1.74. The predicted molar refractivity (Wildman–Crippen MR) is 77.9 cm³/mol. The van der Waals surface area contributed by atoms with Crippen LogP contribution in [-0.4, -0.2) is 24.2 Å². The van der Waals surface area contributed by atoms with Crippen LogP contribution in [0.15, 0.2) is 15.9 Å². The number of imidazole rings is 1. The molecule has 0 aliphatic heterocycles. The van der Waals surface area contributed by atoms with Gasteiger partial charge in [-0.25, -0.2) is 9.78 Å². The molecule has 2 aromatic heterocycles. The van der Waals surface area contributed by atoms with Gasteiger partial charge in [-0.3, -0.25) is 13.9 Å². The quantitative estimate of drug-likeness (QED) is 0.870. The Morgan fingerprint density at radius 3 is 2.45 bits per heavy atom. The van der Waals surface area contributed by atoms with E-state index in [-0.39, 0.29) is 23.8 Å². The van der Waals surface area contributed by atoms with E-state index in [4.69, 9.17) is 5.73 Å². The SMILES string of the molecule is CC(C)n1c(=O)n(CC(C)(C)N)c(=O)c2c1ncn2C. The Labute approximate surface area is 116 Å². The first-order chi connectivity index (χ1) is 9.13. The molecule has 0 bridgehead atoms. The molecule has 2 rings (SSSR count). The molecule has 2 heterocycles. The maximum Gasteiger partial charge on any atom is 0.333 e. The molecule has 0 saturated carbocycles. The van der Waals surface area contributed by atoms with Crippen molar-refractivity contribution in [2.45, 2.75) is 45.8 Å². The van der Waals surface area contributed by atoms with Gasteiger partial charge < -0.3 is 10.3 Å². The summed E-state index contributed by atoms with van der Waals surface area (Å²) >= 11 is 0. The number of hydrogen-bond acceptors (Lipinski definition) is 4. The smallest absolute Gasteiger partial charge is 0.328 e. The van der Waals surface area contributed by atoms with Gasteiger partial charge >= 0.3 is 5.69 Å². The van der Waals surface area contributed by atoms with Gasteiger partial charge in [0.2, 0.25) is 0 Å². The van der Waals surface area contributed by atoms with Crippen LogP contribution in [0.4, 0.5) is 0 Å². The Balaban J connectivity index is 2.92. The first-order valence-corrected chi connectivity index (χ1v) is 6.58. The molecule has 0 aliphatic carbocycles. The maximum absolute atomic E-state index is 12.6. The molecule has 0 spiro atoms. The summed E-state index contributed by atoms with van der Waals surface area (Å²) in [5, 5.41) is 0. The first kappa shape index (κ1) is 14.5. The minimum absolute atomic E-state index is 0.0902. The highest BCUT2D eigenvalue weighted by molar-refractivity contribution is 5.70. The van der Waals surface area contributed by atoms with Crippen molar-refractivity contribution < 1.29 is 0 Å². The Morgan fingerprint density at radius 2 is 1.95 bits per heavy atom. The maximum atomic E-state index is 12.6. The molecule has 7 nitrogen and oxygen atoms in total. The average molecular weight is 279 g/mol. The fraction of sp³-hybridized carbons (Fsp3) is 0.615. The summed E-state index contributed by atoms with van der Waals surface area (Å²) in [6.07, 6.45) is 1.54. The molecule has 0 amide bonds. The van der Waals surface area contributed by atoms with Gasteiger partial charge in [0.25, 0.3) is 5.56 Å². The minimum atomic E-state index is -0.649. The average Bonchev–Trinajstić information content (AvgIpc) is 2.65. The second kappa shape index (κ2) is 4.59. The van der Waals surface area contributed by atoms with Crippen LogP contribution < -0.4 is 17.0 Å². The van der Waals surface area contributed by atoms with Gasteiger partial charge in [0.05, 0.1) is 6.33 Å². The number of aromatic nitrogens is 4. The standard InChI is InChI=1S/C13H21N5O2/c1-8(2)18-10-9(16(5)7-15-10)11(19)17(12(18)20)6-13(3,4)14/h7-8H,6,14H2,1-5H3. The third-order valence-electron chi connectivity index (χ3n) is 3.11. The zero-order chi connectivity index (χ0) is 15.2. The molecule has 110 valence electrons. The second-order valence-corrected chi connectivity index (χ2v) is 6.15. The zero-order valence-electron chi connectivity index (χ0n) is 12.5. The summed E-state index contributed by atoms with van der Waals surface area (Å²) in [6.45, 7) is 7.51. The minimum Gasteiger partial charge on any atom is -0.328 e. The topological polar surface area (TPSA) is 87.8 Å². The lowest BCUT2D eigenvalue weighted by Gasteiger charge is -2.21. The highest BCUT2D eigenvalue weighted by Crippen LogP contribution is 2.11. The van der Waals surface area contributed by atoms with Crippen LogP contribution >= 0.6 is 0 Å². The van der Waals surface area contributed by atoms with E-state index in [0.29, 0.717) is 11.2 Å². The molecular formula is C13H21N5O2. The number of nitrogens with two attached hydrogens (primary N) is 1. The molecule has 0 saturated heterocycles. The van der Waals surface area contributed by atoms with E-state index in [9.17, 15) is 9.59 Å². The lowest BCUT2D eigenvalue weighted by Crippen LogP contribution is -2.48. The summed E-state index contributed by atoms with van der Waals surface area (Å²) in [5.41, 5.74) is 5.44. The summed E-state index contributed by atoms with van der Waals surface area (Å²) in [4.78, 5) is 29.3. The van der Waals surface area contributed by atoms with Crippen LogP contribution in [0.2, 0.25) is 0 Å². The van der Waals surface area contributed by atoms with Gasteiger partial charge in [-0.15, -0.1) is 0 Å². The molecule has 0 radical (unpaired) electrons. The first-order valence-electron chi connectivity index (χ1n) is 6.58. The molecule has 0 fully saturated rings. The summed E-state index contributed by atoms with van der Waals surface area (Å²) in [5.74, 6) is 0. The normalized spacial score (nSPS) is 12.6. The van der Waals surface area contributed by atoms with E-state index in [0.717, 1.165) is 0 Å². The number of nitrogens with zero attached hydrogens (tertiary/aromatic N) is 4. The van der Waals surface area contributed by atoms with Gasteiger partial charge in [0.1, 0.15) is 0 Å². The van der Waals surface area contributed by atoms with Crippen molar-refractivity contribution in [1.82, 2.24) is 18.7 Å². The molecular weight excluding hydrogens is 258 g/mol. The van der Waals surface area contributed by atoms with Crippen molar-refractivity contribution in [3.05, 3.63) is 27.2 Å². The molecule has 2 N–H and O–H groups in total. The Hall–Kier alpha value is -1.89. The van der Waals surface area contributed by atoms with Crippen LogP contribution in [0.25, 0.3) is 11.2 Å². The lowest BCUT2D eigenvalue weighted by molar-refractivity contribution is 0.402. The van der Waals surface area contributed by atoms with Gasteiger partial charge in [0.15, 0.2) is 11.2 Å². The van der Waals surface area contributed by atoms with Crippen molar-refractivity contribution in [2.75, 3.05) is 0 Å². The van der Waals surface area contributed by atoms with E-state index in [2.05, 4.69) is 4.98 Å². The molecule has 20 heavy (non-hydrogen) atoms. The third-order valence-corrected chi connectivity index (χ3v) is 3.11. The fourth-order valence-corrected chi connectivity index (χ4v) is 2.29. The van der Waals surface area contributed by atoms with Gasteiger partial charge in [-0.1, -0.05) is 0 Å². The van der Waals surface area contributed by atoms with Crippen molar-refractivity contribution in [1.29, 1.82) is 0 Å². The van der Waals surface area contributed by atoms with Gasteiger partial charge in [-0.2, -0.15) is 0 Å². The van der Waals surface area contributed by atoms with E-state index >= 15 is 0 Å². The number of aryl methyl sites for hydroxylation is 1. The highest BCUT2D eigenvalue weighted by atomic mass is 16.2. The largest absolute Gasteiger partial charge is 0.333 e. The molecule has 7 heteroatoms. The van der Waals surface area contributed by atoms with Gasteiger partial charge in [0, 0.05) is 25.2 Å². The molecule has 0 aliphatic rings. The van der Waals surface area contributed by atoms with Crippen molar-refractivity contribution >= 4 is 11.2 Å². The van der Waals surface area contributed by atoms with Crippen LogP contribution in [0.1, 0.15) is 33.7 Å². The number of hydrogen-bond donors (Lipinski definition) is 1. The lowest BCUT2D eigenvalue weighted by atomic mass is 10.1. The zero-order valence-corrected chi connectivity index (χ0v) is 12.5. The third kappa shape index (κ3) is 2.29. The molecule has 2 aromatic rings. The summed E-state index contributed by atoms with van der Waals surface area (Å²) in [6, 6.07) is -0.0902. The van der Waals surface area contributed by atoms with Crippen LogP contribution in [0.3, 0.4) is 0 Å². The Kier molecular flexibility index (Phi) is 3.33. The van der Waals surface area contributed by atoms with E-state index in [1.54, 1.807) is 31.8 Å². The van der Waals surface area contributed by atoms with Crippen molar-refractivity contribution in [3.8, 4) is 0 Å². The van der Waals surface area contributed by atoms with E-state index in [1.807, 2.05) is 13.8 Å².